The Hall–Kier alpha value is -2.01. The van der Waals surface area contributed by atoms with Gasteiger partial charge < -0.3 is 0 Å². The molecule has 0 atom stereocenters. The van der Waals surface area contributed by atoms with Crippen LogP contribution in [0, 0.1) is 10.1 Å². The summed E-state index contributed by atoms with van der Waals surface area (Å²) in [5.74, 6) is 0. The largest absolute Gasteiger partial charge is 0.270 e. The van der Waals surface area contributed by atoms with Gasteiger partial charge in [-0.1, -0.05) is 0 Å². The van der Waals surface area contributed by atoms with Crippen LogP contribution in [0.4, 0.5) is 5.69 Å². The first-order valence-corrected chi connectivity index (χ1v) is 5.51. The molecular weight excluding hydrogens is 224 g/mol. The second-order valence-corrected chi connectivity index (χ2v) is 4.46. The quantitative estimate of drug-likeness (QED) is 0.367. The summed E-state index contributed by atoms with van der Waals surface area (Å²) in [7, 11) is 0. The zero-order valence-electron chi connectivity index (χ0n) is 8.16. The van der Waals surface area contributed by atoms with Crippen molar-refractivity contribution < 1.29 is 8.71 Å². The van der Waals surface area contributed by atoms with Crippen LogP contribution in [0.1, 0.15) is 0 Å². The minimum Gasteiger partial charge on any atom is -0.258 e. The fourth-order valence-electron chi connectivity index (χ4n) is 1.73. The number of non-ortho nitro benzene ring substituents is 1. The van der Waals surface area contributed by atoms with E-state index in [-0.39, 0.29) is 10.6 Å². The Bertz CT molecular complexity index is 705. The van der Waals surface area contributed by atoms with E-state index in [1.54, 1.807) is 23.7 Å². The molecule has 0 saturated carbocycles. The molecule has 2 aromatic heterocycles. The van der Waals surface area contributed by atoms with Gasteiger partial charge in [-0.25, -0.2) is 0 Å². The van der Waals surface area contributed by atoms with Gasteiger partial charge in [0.1, 0.15) is 16.2 Å². The van der Waals surface area contributed by atoms with Crippen LogP contribution in [0.2, 0.25) is 0 Å². The summed E-state index contributed by atoms with van der Waals surface area (Å²) in [6.07, 6.45) is 1.95. The number of benzene rings is 1. The number of aromatic nitrogens is 1. The summed E-state index contributed by atoms with van der Waals surface area (Å²) in [6, 6.07) is 10.8. The Morgan fingerprint density at radius 3 is 2.94 bits per heavy atom. The highest BCUT2D eigenvalue weighted by Crippen LogP contribution is 2.26. The summed E-state index contributed by atoms with van der Waals surface area (Å²) >= 11 is 1.58. The molecule has 0 aliphatic carbocycles. The van der Waals surface area contributed by atoms with Crippen LogP contribution >= 0.6 is 11.5 Å². The van der Waals surface area contributed by atoms with Gasteiger partial charge in [0.15, 0.2) is 6.20 Å². The van der Waals surface area contributed by atoms with Gasteiger partial charge >= 0.3 is 0 Å². The fraction of sp³-hybridized carbons (Fsp3) is 0. The van der Waals surface area contributed by atoms with Crippen molar-refractivity contribution in [2.24, 2.45) is 0 Å². The number of fused-ring (bicyclic) bond motifs is 3. The van der Waals surface area contributed by atoms with Crippen molar-refractivity contribution in [1.29, 1.82) is 0 Å². The molecule has 2 heterocycles. The third-order valence-corrected chi connectivity index (χ3v) is 3.54. The van der Waals surface area contributed by atoms with Crippen molar-refractivity contribution in [2.75, 3.05) is 0 Å². The lowest BCUT2D eigenvalue weighted by Gasteiger charge is -1.88. The third kappa shape index (κ3) is 1.25. The van der Waals surface area contributed by atoms with Crippen molar-refractivity contribution in [3.05, 3.63) is 52.7 Å². The Balaban J connectivity index is 2.44. The maximum Gasteiger partial charge on any atom is 0.270 e. The maximum absolute atomic E-state index is 10.7. The standard InChI is InChI=1S/C11H7N2O2S/c14-13(15)8-4-5-11-9(7-8)10-3-1-2-6-12(10)16-11/h1-7H/q+1. The molecule has 0 bridgehead atoms. The summed E-state index contributed by atoms with van der Waals surface area (Å²) in [6.45, 7) is 0. The van der Waals surface area contributed by atoms with Crippen molar-refractivity contribution in [3.63, 3.8) is 0 Å². The van der Waals surface area contributed by atoms with Crippen molar-refractivity contribution in [1.82, 2.24) is 0 Å². The summed E-state index contributed by atoms with van der Waals surface area (Å²) in [4.78, 5) is 10.3. The van der Waals surface area contributed by atoms with Gasteiger partial charge in [-0.15, -0.1) is 3.79 Å². The van der Waals surface area contributed by atoms with Crippen LogP contribution in [-0.2, 0) is 0 Å². The Labute approximate surface area is 94.7 Å². The summed E-state index contributed by atoms with van der Waals surface area (Å²) in [5, 5.41) is 11.6. The van der Waals surface area contributed by atoms with E-state index in [9.17, 15) is 10.1 Å². The molecule has 0 aliphatic rings. The Kier molecular flexibility index (Phi) is 1.87. The molecule has 16 heavy (non-hydrogen) atoms. The van der Waals surface area contributed by atoms with E-state index in [2.05, 4.69) is 0 Å². The average molecular weight is 231 g/mol. The number of pyridine rings is 1. The SMILES string of the molecule is O=[N+]([O-])c1ccc2s[n+]3ccccc3c2c1. The van der Waals surface area contributed by atoms with Gasteiger partial charge in [0, 0.05) is 24.3 Å². The number of hydrogen-bond acceptors (Lipinski definition) is 3. The van der Waals surface area contributed by atoms with Gasteiger partial charge in [0.2, 0.25) is 5.52 Å². The third-order valence-electron chi connectivity index (χ3n) is 2.47. The van der Waals surface area contributed by atoms with Crippen LogP contribution in [0.3, 0.4) is 0 Å². The molecule has 4 nitrogen and oxygen atoms in total. The molecular formula is C11H7N2O2S+. The zero-order chi connectivity index (χ0) is 11.1. The predicted molar refractivity (Wildman–Crippen MR) is 61.6 cm³/mol. The smallest absolute Gasteiger partial charge is 0.258 e. The highest BCUT2D eigenvalue weighted by Gasteiger charge is 2.15. The molecule has 0 fully saturated rings. The van der Waals surface area contributed by atoms with Gasteiger partial charge in [0.25, 0.3) is 5.69 Å². The van der Waals surface area contributed by atoms with Crippen molar-refractivity contribution >= 4 is 32.8 Å². The molecule has 0 saturated heterocycles. The van der Waals surface area contributed by atoms with Gasteiger partial charge in [-0.05, 0) is 12.1 Å². The first kappa shape index (κ1) is 9.23. The molecule has 0 unspecified atom stereocenters. The first-order valence-electron chi connectivity index (χ1n) is 4.73. The van der Waals surface area contributed by atoms with Crippen LogP contribution in [-0.4, -0.2) is 4.92 Å². The zero-order valence-corrected chi connectivity index (χ0v) is 8.98. The van der Waals surface area contributed by atoms with Crippen LogP contribution < -0.4 is 3.79 Å². The molecule has 0 aliphatic heterocycles. The number of hydrogen-bond donors (Lipinski definition) is 0. The lowest BCUT2D eigenvalue weighted by atomic mass is 10.2. The molecule has 78 valence electrons. The molecule has 3 rings (SSSR count). The Morgan fingerprint density at radius 2 is 2.12 bits per heavy atom. The van der Waals surface area contributed by atoms with E-state index in [0.717, 1.165) is 15.6 Å². The van der Waals surface area contributed by atoms with Crippen molar-refractivity contribution in [2.45, 2.75) is 0 Å². The van der Waals surface area contributed by atoms with Gasteiger partial charge in [-0.2, -0.15) is 0 Å². The van der Waals surface area contributed by atoms with Crippen molar-refractivity contribution in [3.8, 4) is 0 Å². The fourth-order valence-corrected chi connectivity index (χ4v) is 2.73. The highest BCUT2D eigenvalue weighted by molar-refractivity contribution is 7.10. The van der Waals surface area contributed by atoms with E-state index in [1.165, 1.54) is 6.07 Å². The monoisotopic (exact) mass is 231 g/mol. The molecule has 0 amide bonds. The minimum absolute atomic E-state index is 0.136. The topological polar surface area (TPSA) is 47.2 Å². The number of nitro groups is 1. The van der Waals surface area contributed by atoms with Crippen LogP contribution in [0.5, 0.6) is 0 Å². The molecule has 1 aromatic carbocycles. The second kappa shape index (κ2) is 3.24. The normalized spacial score (nSPS) is 11.0. The van der Waals surface area contributed by atoms with Gasteiger partial charge in [-0.3, -0.25) is 10.1 Å². The van der Waals surface area contributed by atoms with Gasteiger partial charge in [0.05, 0.1) is 10.3 Å². The van der Waals surface area contributed by atoms with Crippen LogP contribution in [0.25, 0.3) is 15.6 Å². The number of nitrogens with zero attached hydrogens (tertiary/aromatic N) is 2. The van der Waals surface area contributed by atoms with E-state index >= 15 is 0 Å². The summed E-state index contributed by atoms with van der Waals surface area (Å²) < 4.78 is 3.06. The number of rotatable bonds is 1. The van der Waals surface area contributed by atoms with E-state index < -0.39 is 0 Å². The highest BCUT2D eigenvalue weighted by atomic mass is 32.1. The molecule has 0 radical (unpaired) electrons. The summed E-state index contributed by atoms with van der Waals surface area (Å²) in [5.41, 5.74) is 1.14. The van der Waals surface area contributed by atoms with E-state index in [1.807, 2.05) is 28.2 Å². The maximum atomic E-state index is 10.7. The predicted octanol–water partition coefficient (Wildman–Crippen LogP) is 2.55. The van der Waals surface area contributed by atoms with Crippen LogP contribution in [0.15, 0.2) is 42.6 Å². The molecule has 5 heteroatoms. The number of nitro benzene ring substituents is 1. The minimum atomic E-state index is -0.365. The second-order valence-electron chi connectivity index (χ2n) is 3.44. The van der Waals surface area contributed by atoms with E-state index in [4.69, 9.17) is 0 Å². The lowest BCUT2D eigenvalue weighted by molar-refractivity contribution is -0.430. The lowest BCUT2D eigenvalue weighted by Crippen LogP contribution is -2.12. The Morgan fingerprint density at radius 1 is 1.25 bits per heavy atom. The molecule has 0 N–H and O–H groups in total. The first-order chi connectivity index (χ1) is 7.75. The average Bonchev–Trinajstić information content (AvgIpc) is 2.66. The molecule has 0 spiro atoms. The van der Waals surface area contributed by atoms with E-state index in [0.29, 0.717) is 0 Å². The molecule has 3 aromatic rings.